The fraction of sp³-hybridized carbons (Fsp3) is 0.500. The van der Waals surface area contributed by atoms with E-state index in [1.165, 1.54) is 24.5 Å². The Morgan fingerprint density at radius 2 is 2.00 bits per heavy atom. The Bertz CT molecular complexity index is 618. The summed E-state index contributed by atoms with van der Waals surface area (Å²) >= 11 is 0. The highest BCUT2D eigenvalue weighted by molar-refractivity contribution is 5.99. The first-order valence-electron chi connectivity index (χ1n) is 6.97. The minimum absolute atomic E-state index is 0.000622. The number of hydrazone groups is 1. The van der Waals surface area contributed by atoms with Gasteiger partial charge in [-0.3, -0.25) is 9.78 Å². The normalized spacial score (nSPS) is 28.3. The van der Waals surface area contributed by atoms with Crippen molar-refractivity contribution in [2.45, 2.75) is 37.6 Å². The molecule has 0 bridgehead atoms. The molecule has 5 nitrogen and oxygen atoms in total. The summed E-state index contributed by atoms with van der Waals surface area (Å²) in [4.78, 5) is 16.1. The summed E-state index contributed by atoms with van der Waals surface area (Å²) < 4.78 is 40.5. The maximum absolute atomic E-state index is 13.5. The van der Waals surface area contributed by atoms with Crippen molar-refractivity contribution in [2.24, 2.45) is 11.0 Å². The second-order valence-corrected chi connectivity index (χ2v) is 5.47. The van der Waals surface area contributed by atoms with Gasteiger partial charge in [0.2, 0.25) is 0 Å². The van der Waals surface area contributed by atoms with Crippen molar-refractivity contribution in [1.82, 2.24) is 9.99 Å². The van der Waals surface area contributed by atoms with Crippen LogP contribution >= 0.6 is 0 Å². The largest absolute Gasteiger partial charge is 0.439 e. The zero-order valence-electron chi connectivity index (χ0n) is 11.5. The quantitative estimate of drug-likeness (QED) is 0.865. The molecule has 1 amide bonds. The number of alkyl halides is 3. The molecule has 0 saturated heterocycles. The van der Waals surface area contributed by atoms with Crippen molar-refractivity contribution < 1.29 is 23.1 Å². The highest BCUT2D eigenvalue weighted by atomic mass is 19.4. The molecule has 0 radical (unpaired) electrons. The number of pyridine rings is 1. The third kappa shape index (κ3) is 2.09. The Morgan fingerprint density at radius 3 is 2.64 bits per heavy atom. The molecule has 1 fully saturated rings. The van der Waals surface area contributed by atoms with E-state index in [0.717, 1.165) is 0 Å². The number of aromatic nitrogens is 1. The second kappa shape index (κ2) is 5.05. The van der Waals surface area contributed by atoms with Crippen LogP contribution in [0.5, 0.6) is 0 Å². The van der Waals surface area contributed by atoms with Gasteiger partial charge < -0.3 is 5.11 Å². The van der Waals surface area contributed by atoms with Crippen molar-refractivity contribution in [2.75, 3.05) is 0 Å². The zero-order valence-corrected chi connectivity index (χ0v) is 11.5. The molecule has 2 heterocycles. The highest BCUT2D eigenvalue weighted by Gasteiger charge is 2.68. The minimum atomic E-state index is -4.98. The van der Waals surface area contributed by atoms with Crippen LogP contribution in [0.3, 0.4) is 0 Å². The molecule has 1 aliphatic heterocycles. The minimum Gasteiger partial charge on any atom is -0.362 e. The summed E-state index contributed by atoms with van der Waals surface area (Å²) in [7, 11) is 0. The molecule has 1 saturated carbocycles. The smallest absolute Gasteiger partial charge is 0.362 e. The lowest BCUT2D eigenvalue weighted by Gasteiger charge is -2.38. The molecule has 2 atom stereocenters. The van der Waals surface area contributed by atoms with Gasteiger partial charge in [-0.25, -0.2) is 0 Å². The number of hydrogen-bond donors (Lipinski definition) is 1. The van der Waals surface area contributed by atoms with E-state index in [1.807, 2.05) is 0 Å². The van der Waals surface area contributed by atoms with Crippen LogP contribution in [0, 0.1) is 5.92 Å². The molecular formula is C14H14F3N3O2. The van der Waals surface area contributed by atoms with E-state index >= 15 is 0 Å². The topological polar surface area (TPSA) is 65.8 Å². The van der Waals surface area contributed by atoms with Crippen LogP contribution < -0.4 is 0 Å². The van der Waals surface area contributed by atoms with Crippen LogP contribution in [0.1, 0.15) is 36.0 Å². The number of rotatable bonds is 1. The van der Waals surface area contributed by atoms with Crippen LogP contribution in [-0.4, -0.2) is 38.6 Å². The van der Waals surface area contributed by atoms with Crippen LogP contribution in [0.25, 0.3) is 0 Å². The van der Waals surface area contributed by atoms with Gasteiger partial charge in [-0.1, -0.05) is 6.42 Å². The SMILES string of the molecule is O=C(c1ccncc1)N1N=C2CCCCC2C1(O)C(F)(F)F. The number of amides is 1. The predicted octanol–water partition coefficient (Wildman–Crippen LogP) is 2.33. The average molecular weight is 313 g/mol. The molecule has 2 unspecified atom stereocenters. The van der Waals surface area contributed by atoms with Gasteiger partial charge in [0.25, 0.3) is 11.6 Å². The summed E-state index contributed by atoms with van der Waals surface area (Å²) in [6.07, 6.45) is -0.576. The van der Waals surface area contributed by atoms with Gasteiger partial charge in [0.05, 0.1) is 5.92 Å². The molecule has 2 aliphatic rings. The zero-order chi connectivity index (χ0) is 16.0. The van der Waals surface area contributed by atoms with E-state index in [-0.39, 0.29) is 22.7 Å². The van der Waals surface area contributed by atoms with E-state index < -0.39 is 23.7 Å². The van der Waals surface area contributed by atoms with Gasteiger partial charge in [-0.15, -0.1) is 0 Å². The number of carbonyl (C=O) groups is 1. The first-order chi connectivity index (χ1) is 10.4. The fourth-order valence-corrected chi connectivity index (χ4v) is 3.04. The lowest BCUT2D eigenvalue weighted by molar-refractivity contribution is -0.312. The van der Waals surface area contributed by atoms with Crippen molar-refractivity contribution in [3.05, 3.63) is 30.1 Å². The van der Waals surface area contributed by atoms with Gasteiger partial charge in [0.15, 0.2) is 0 Å². The molecule has 0 aromatic carbocycles. The monoisotopic (exact) mass is 313 g/mol. The third-order valence-electron chi connectivity index (χ3n) is 4.15. The maximum Gasteiger partial charge on any atom is 0.439 e. The molecule has 22 heavy (non-hydrogen) atoms. The summed E-state index contributed by atoms with van der Waals surface area (Å²) in [5.74, 6) is -2.17. The predicted molar refractivity (Wildman–Crippen MR) is 70.8 cm³/mol. The lowest BCUT2D eigenvalue weighted by atomic mass is 9.80. The lowest BCUT2D eigenvalue weighted by Crippen LogP contribution is -2.61. The van der Waals surface area contributed by atoms with Gasteiger partial charge in [0, 0.05) is 23.7 Å². The summed E-state index contributed by atoms with van der Waals surface area (Å²) in [5, 5.41) is 14.4. The first-order valence-corrected chi connectivity index (χ1v) is 6.97. The van der Waals surface area contributed by atoms with Gasteiger partial charge in [-0.2, -0.15) is 23.3 Å². The standard InChI is InChI=1S/C14H14F3N3O2/c15-14(16,17)13(22)10-3-1-2-4-11(10)19-20(13)12(21)9-5-7-18-8-6-9/h5-8,10,22H,1-4H2. The number of hydrogen-bond acceptors (Lipinski definition) is 4. The van der Waals surface area contributed by atoms with E-state index in [4.69, 9.17) is 0 Å². The van der Waals surface area contributed by atoms with Crippen LogP contribution in [-0.2, 0) is 0 Å². The molecule has 1 aliphatic carbocycles. The van der Waals surface area contributed by atoms with E-state index in [0.29, 0.717) is 19.3 Å². The number of carbonyl (C=O) groups excluding carboxylic acids is 1. The average Bonchev–Trinajstić information content (AvgIpc) is 2.82. The van der Waals surface area contributed by atoms with Gasteiger partial charge in [-0.05, 0) is 31.4 Å². The van der Waals surface area contributed by atoms with Crippen LogP contribution in [0.4, 0.5) is 13.2 Å². The van der Waals surface area contributed by atoms with E-state index in [9.17, 15) is 23.1 Å². The molecule has 8 heteroatoms. The van der Waals surface area contributed by atoms with Crippen molar-refractivity contribution in [3.63, 3.8) is 0 Å². The third-order valence-corrected chi connectivity index (χ3v) is 4.15. The summed E-state index contributed by atoms with van der Waals surface area (Å²) in [6.45, 7) is 0. The van der Waals surface area contributed by atoms with Crippen molar-refractivity contribution in [3.8, 4) is 0 Å². The Labute approximate surface area is 124 Å². The van der Waals surface area contributed by atoms with Gasteiger partial charge >= 0.3 is 6.18 Å². The maximum atomic E-state index is 13.5. The Morgan fingerprint density at radius 1 is 1.32 bits per heavy atom. The molecule has 1 aromatic heterocycles. The van der Waals surface area contributed by atoms with Gasteiger partial charge in [0.1, 0.15) is 0 Å². The van der Waals surface area contributed by atoms with Crippen molar-refractivity contribution >= 4 is 11.6 Å². The summed E-state index contributed by atoms with van der Waals surface area (Å²) in [5.41, 5.74) is -3.03. The molecule has 1 aromatic rings. The molecule has 3 rings (SSSR count). The van der Waals surface area contributed by atoms with Crippen LogP contribution in [0.2, 0.25) is 0 Å². The Kier molecular flexibility index (Phi) is 3.43. The Hall–Kier alpha value is -1.96. The number of nitrogens with zero attached hydrogens (tertiary/aromatic N) is 3. The Balaban J connectivity index is 2.04. The molecule has 1 N–H and O–H groups in total. The highest BCUT2D eigenvalue weighted by Crippen LogP contribution is 2.48. The van der Waals surface area contributed by atoms with Crippen molar-refractivity contribution in [1.29, 1.82) is 0 Å². The van der Waals surface area contributed by atoms with Crippen LogP contribution in [0.15, 0.2) is 29.6 Å². The molecule has 0 spiro atoms. The molecular weight excluding hydrogens is 299 g/mol. The second-order valence-electron chi connectivity index (χ2n) is 5.47. The molecule has 118 valence electrons. The number of halogens is 3. The first kappa shape index (κ1) is 15.0. The number of fused-ring (bicyclic) bond motifs is 1. The van der Waals surface area contributed by atoms with E-state index in [2.05, 4.69) is 10.1 Å². The fourth-order valence-electron chi connectivity index (χ4n) is 3.04. The van der Waals surface area contributed by atoms with E-state index in [1.54, 1.807) is 0 Å². The number of aliphatic hydroxyl groups is 1. The summed E-state index contributed by atoms with van der Waals surface area (Å²) in [6, 6.07) is 2.59.